The number of halogens is 3. The molecular formula is C18H17F3N2O4S. The number of amides is 2. The molecule has 0 aliphatic heterocycles. The van der Waals surface area contributed by atoms with E-state index in [-0.39, 0.29) is 6.42 Å². The van der Waals surface area contributed by atoms with Crippen LogP contribution in [0.25, 0.3) is 0 Å². The van der Waals surface area contributed by atoms with Gasteiger partial charge in [-0.05, 0) is 36.4 Å². The highest BCUT2D eigenvalue weighted by Gasteiger charge is 2.16. The molecule has 0 spiro atoms. The summed E-state index contributed by atoms with van der Waals surface area (Å²) < 4.78 is 44.1. The van der Waals surface area contributed by atoms with Crippen LogP contribution >= 0.6 is 11.3 Å². The predicted octanol–water partition coefficient (Wildman–Crippen LogP) is 2.79. The van der Waals surface area contributed by atoms with Crippen molar-refractivity contribution >= 4 is 34.8 Å². The number of hydrogen-bond acceptors (Lipinski definition) is 5. The standard InChI is InChI=1S/C18H17F3N2O4S/c19-12-6-7-13(18(21)17(12)20)23-14(24)9-22-15(25)10-27-16(26)5-1-3-11-4-2-8-28-11/h2,4,6-8H,1,3,5,9-10H2,(H,22,25)(H,23,24). The first-order chi connectivity index (χ1) is 13.4. The molecule has 0 unspecified atom stereocenters. The predicted molar refractivity (Wildman–Crippen MR) is 96.2 cm³/mol. The summed E-state index contributed by atoms with van der Waals surface area (Å²) in [6.45, 7) is -1.13. The van der Waals surface area contributed by atoms with E-state index in [1.165, 1.54) is 0 Å². The summed E-state index contributed by atoms with van der Waals surface area (Å²) in [6.07, 6.45) is 1.48. The maximum absolute atomic E-state index is 13.4. The summed E-state index contributed by atoms with van der Waals surface area (Å²) in [4.78, 5) is 35.9. The second-order valence-electron chi connectivity index (χ2n) is 5.64. The average Bonchev–Trinajstić information content (AvgIpc) is 3.18. The molecule has 0 bridgehead atoms. The van der Waals surface area contributed by atoms with E-state index in [0.29, 0.717) is 12.5 Å². The third kappa shape index (κ3) is 6.69. The summed E-state index contributed by atoms with van der Waals surface area (Å²) in [5.41, 5.74) is -0.560. The van der Waals surface area contributed by atoms with Crippen molar-refractivity contribution in [1.82, 2.24) is 5.32 Å². The fraction of sp³-hybridized carbons (Fsp3) is 0.278. The normalized spacial score (nSPS) is 10.4. The molecule has 2 amide bonds. The minimum absolute atomic E-state index is 0.154. The summed E-state index contributed by atoms with van der Waals surface area (Å²) in [7, 11) is 0. The topological polar surface area (TPSA) is 84.5 Å². The van der Waals surface area contributed by atoms with Crippen molar-refractivity contribution in [2.24, 2.45) is 0 Å². The van der Waals surface area contributed by atoms with Crippen LogP contribution < -0.4 is 10.6 Å². The lowest BCUT2D eigenvalue weighted by Gasteiger charge is -2.09. The van der Waals surface area contributed by atoms with Gasteiger partial charge in [0.25, 0.3) is 5.91 Å². The molecule has 10 heteroatoms. The third-order valence-corrected chi connectivity index (χ3v) is 4.44. The number of benzene rings is 1. The van der Waals surface area contributed by atoms with Crippen molar-refractivity contribution in [2.75, 3.05) is 18.5 Å². The average molecular weight is 414 g/mol. The highest BCUT2D eigenvalue weighted by molar-refractivity contribution is 7.09. The Balaban J connectivity index is 1.64. The summed E-state index contributed by atoms with van der Waals surface area (Å²) in [5, 5.41) is 6.10. The van der Waals surface area contributed by atoms with Gasteiger partial charge in [-0.2, -0.15) is 0 Å². The molecule has 0 radical (unpaired) electrons. The van der Waals surface area contributed by atoms with Crippen LogP contribution in [-0.2, 0) is 25.5 Å². The zero-order valence-corrected chi connectivity index (χ0v) is 15.4. The van der Waals surface area contributed by atoms with Gasteiger partial charge in [0.05, 0.1) is 12.2 Å². The Morgan fingerprint density at radius 2 is 1.82 bits per heavy atom. The molecule has 6 nitrogen and oxygen atoms in total. The molecule has 0 saturated heterocycles. The van der Waals surface area contributed by atoms with Gasteiger partial charge in [0.2, 0.25) is 5.91 Å². The molecule has 0 saturated carbocycles. The van der Waals surface area contributed by atoms with E-state index in [0.717, 1.165) is 17.4 Å². The number of nitrogens with one attached hydrogen (secondary N) is 2. The monoisotopic (exact) mass is 414 g/mol. The first kappa shape index (κ1) is 21.4. The third-order valence-electron chi connectivity index (χ3n) is 3.50. The molecule has 1 aromatic carbocycles. The van der Waals surface area contributed by atoms with E-state index in [4.69, 9.17) is 4.74 Å². The first-order valence-electron chi connectivity index (χ1n) is 8.25. The molecule has 0 atom stereocenters. The van der Waals surface area contributed by atoms with E-state index >= 15 is 0 Å². The largest absolute Gasteiger partial charge is 0.456 e. The molecule has 1 heterocycles. The number of thiophene rings is 1. The Morgan fingerprint density at radius 1 is 1.04 bits per heavy atom. The highest BCUT2D eigenvalue weighted by atomic mass is 32.1. The molecule has 0 aliphatic rings. The number of anilines is 1. The number of rotatable bonds is 9. The van der Waals surface area contributed by atoms with E-state index in [9.17, 15) is 27.6 Å². The lowest BCUT2D eigenvalue weighted by atomic mass is 10.2. The van der Waals surface area contributed by atoms with Crippen molar-refractivity contribution in [2.45, 2.75) is 19.3 Å². The second-order valence-corrected chi connectivity index (χ2v) is 6.67. The summed E-state index contributed by atoms with van der Waals surface area (Å²) in [5.74, 6) is -6.78. The lowest BCUT2D eigenvalue weighted by molar-refractivity contribution is -0.148. The van der Waals surface area contributed by atoms with Crippen LogP contribution in [-0.4, -0.2) is 30.9 Å². The molecule has 150 valence electrons. The number of carbonyl (C=O) groups excluding carboxylic acids is 3. The van der Waals surface area contributed by atoms with Crippen LogP contribution in [0, 0.1) is 17.5 Å². The van der Waals surface area contributed by atoms with Crippen molar-refractivity contribution < 1.29 is 32.3 Å². The van der Waals surface area contributed by atoms with Gasteiger partial charge in [-0.3, -0.25) is 14.4 Å². The fourth-order valence-electron chi connectivity index (χ4n) is 2.13. The van der Waals surface area contributed by atoms with Gasteiger partial charge in [0.15, 0.2) is 24.1 Å². The van der Waals surface area contributed by atoms with E-state index < -0.39 is 54.1 Å². The maximum atomic E-state index is 13.4. The van der Waals surface area contributed by atoms with Crippen LogP contribution in [0.15, 0.2) is 29.6 Å². The molecule has 2 rings (SSSR count). The summed E-state index contributed by atoms with van der Waals surface area (Å²) in [6, 6.07) is 5.39. The number of hydrogen-bond donors (Lipinski definition) is 2. The lowest BCUT2D eigenvalue weighted by Crippen LogP contribution is -2.35. The van der Waals surface area contributed by atoms with Crippen LogP contribution in [0.5, 0.6) is 0 Å². The van der Waals surface area contributed by atoms with Crippen molar-refractivity contribution in [3.63, 3.8) is 0 Å². The van der Waals surface area contributed by atoms with Gasteiger partial charge >= 0.3 is 5.97 Å². The zero-order chi connectivity index (χ0) is 20.5. The number of esters is 1. The van der Waals surface area contributed by atoms with E-state index in [1.54, 1.807) is 11.3 Å². The number of carbonyl (C=O) groups is 3. The van der Waals surface area contributed by atoms with Crippen LogP contribution in [0.3, 0.4) is 0 Å². The first-order valence-corrected chi connectivity index (χ1v) is 9.13. The highest BCUT2D eigenvalue weighted by Crippen LogP contribution is 2.19. The minimum atomic E-state index is -1.71. The SMILES string of the molecule is O=C(COC(=O)CCCc1cccs1)NCC(=O)Nc1ccc(F)c(F)c1F. The van der Waals surface area contributed by atoms with Crippen molar-refractivity contribution in [3.05, 3.63) is 52.0 Å². The molecular weight excluding hydrogens is 397 g/mol. The molecule has 2 N–H and O–H groups in total. The zero-order valence-electron chi connectivity index (χ0n) is 14.6. The quantitative estimate of drug-likeness (QED) is 0.488. The van der Waals surface area contributed by atoms with Gasteiger partial charge in [0.1, 0.15) is 0 Å². The van der Waals surface area contributed by atoms with Crippen molar-refractivity contribution in [3.8, 4) is 0 Å². The number of ether oxygens (including phenoxy) is 1. The Labute approximate surface area is 162 Å². The van der Waals surface area contributed by atoms with E-state index in [2.05, 4.69) is 5.32 Å². The maximum Gasteiger partial charge on any atom is 0.306 e. The van der Waals surface area contributed by atoms with Crippen LogP contribution in [0.4, 0.5) is 18.9 Å². The van der Waals surface area contributed by atoms with Gasteiger partial charge < -0.3 is 15.4 Å². The summed E-state index contributed by atoms with van der Waals surface area (Å²) >= 11 is 1.59. The molecule has 1 aromatic heterocycles. The van der Waals surface area contributed by atoms with Gasteiger partial charge in [-0.15, -0.1) is 11.3 Å². The number of aryl methyl sites for hydroxylation is 1. The smallest absolute Gasteiger partial charge is 0.306 e. The van der Waals surface area contributed by atoms with E-state index in [1.807, 2.05) is 22.8 Å². The Bertz CT molecular complexity index is 844. The Hall–Kier alpha value is -2.88. The fourth-order valence-corrected chi connectivity index (χ4v) is 2.88. The van der Waals surface area contributed by atoms with Gasteiger partial charge in [-0.25, -0.2) is 13.2 Å². The van der Waals surface area contributed by atoms with Crippen molar-refractivity contribution in [1.29, 1.82) is 0 Å². The van der Waals surface area contributed by atoms with Gasteiger partial charge in [-0.1, -0.05) is 6.07 Å². The molecule has 2 aromatic rings. The molecule has 28 heavy (non-hydrogen) atoms. The van der Waals surface area contributed by atoms with Gasteiger partial charge in [0, 0.05) is 11.3 Å². The van der Waals surface area contributed by atoms with Crippen LogP contribution in [0.2, 0.25) is 0 Å². The Kier molecular flexibility index (Phi) is 8.00. The Morgan fingerprint density at radius 3 is 2.54 bits per heavy atom. The molecule has 0 aliphatic carbocycles. The minimum Gasteiger partial charge on any atom is -0.456 e. The second kappa shape index (κ2) is 10.5. The van der Waals surface area contributed by atoms with Crippen LogP contribution in [0.1, 0.15) is 17.7 Å². The molecule has 0 fully saturated rings.